The molecule has 2 heterocycles. The predicted octanol–water partition coefficient (Wildman–Crippen LogP) is 1.61. The van der Waals surface area contributed by atoms with Crippen molar-refractivity contribution in [2.45, 2.75) is 31.6 Å². The Bertz CT molecular complexity index is 327. The molecule has 0 aromatic carbocycles. The van der Waals surface area contributed by atoms with Gasteiger partial charge in [-0.1, -0.05) is 0 Å². The molecule has 1 saturated heterocycles. The fourth-order valence-electron chi connectivity index (χ4n) is 2.04. The number of halogens is 2. The number of aromatic nitrogens is 2. The summed E-state index contributed by atoms with van der Waals surface area (Å²) in [5, 5.41) is 8.20. The zero-order chi connectivity index (χ0) is 11.4. The summed E-state index contributed by atoms with van der Waals surface area (Å²) in [5.41, 5.74) is 5.45. The van der Waals surface area contributed by atoms with Gasteiger partial charge in [-0.3, -0.25) is 0 Å². The molecule has 1 aromatic heterocycles. The first-order chi connectivity index (χ1) is 7.79. The van der Waals surface area contributed by atoms with Crippen LogP contribution in [0.4, 0.5) is 0 Å². The molecule has 106 valence electrons. The maximum absolute atomic E-state index is 5.66. The molecule has 0 amide bonds. The maximum Gasteiger partial charge on any atom is 0.219 e. The molecule has 1 aliphatic heterocycles. The monoisotopic (exact) mass is 296 g/mol. The summed E-state index contributed by atoms with van der Waals surface area (Å²) in [4.78, 5) is 2.34. The van der Waals surface area contributed by atoms with Gasteiger partial charge in [-0.25, -0.2) is 0 Å². The van der Waals surface area contributed by atoms with Crippen molar-refractivity contribution in [3.63, 3.8) is 0 Å². The number of hydrogen-bond acceptors (Lipinski definition) is 5. The second kappa shape index (κ2) is 8.69. The summed E-state index contributed by atoms with van der Waals surface area (Å²) in [5.74, 6) is 2.01. The molecule has 0 aliphatic carbocycles. The van der Waals surface area contributed by atoms with Crippen molar-refractivity contribution in [3.05, 3.63) is 11.8 Å². The fourth-order valence-corrected chi connectivity index (χ4v) is 2.04. The smallest absolute Gasteiger partial charge is 0.219 e. The van der Waals surface area contributed by atoms with E-state index in [0.29, 0.717) is 12.5 Å². The molecule has 18 heavy (non-hydrogen) atoms. The highest BCUT2D eigenvalue weighted by molar-refractivity contribution is 5.85. The van der Waals surface area contributed by atoms with Crippen LogP contribution >= 0.6 is 24.8 Å². The molecule has 0 saturated carbocycles. The third-order valence-corrected chi connectivity index (χ3v) is 3.15. The summed E-state index contributed by atoms with van der Waals surface area (Å²) < 4.78 is 5.66. The van der Waals surface area contributed by atoms with Gasteiger partial charge in [0, 0.05) is 12.3 Å². The molecule has 0 atom stereocenters. The van der Waals surface area contributed by atoms with Crippen molar-refractivity contribution in [3.8, 4) is 0 Å². The molecule has 0 spiro atoms. The second-order valence-corrected chi connectivity index (χ2v) is 4.50. The zero-order valence-corrected chi connectivity index (χ0v) is 12.3. The normalized spacial score (nSPS) is 17.0. The Balaban J connectivity index is 0.00000144. The highest BCUT2D eigenvalue weighted by Gasteiger charge is 2.23. The minimum Gasteiger partial charge on any atom is -0.425 e. The van der Waals surface area contributed by atoms with Crippen molar-refractivity contribution in [2.75, 3.05) is 26.7 Å². The lowest BCUT2D eigenvalue weighted by Crippen LogP contribution is -2.29. The third kappa shape index (κ3) is 4.72. The Labute approximate surface area is 120 Å². The predicted molar refractivity (Wildman–Crippen MR) is 75.6 cm³/mol. The number of nitrogens with two attached hydrogens (primary N) is 1. The van der Waals surface area contributed by atoms with Gasteiger partial charge in [0.05, 0.1) is 0 Å². The van der Waals surface area contributed by atoms with Crippen LogP contribution < -0.4 is 5.73 Å². The van der Waals surface area contributed by atoms with Gasteiger partial charge >= 0.3 is 0 Å². The molecule has 0 radical (unpaired) electrons. The average molecular weight is 297 g/mol. The minimum atomic E-state index is 0. The lowest BCUT2D eigenvalue weighted by Gasteiger charge is -2.26. The maximum atomic E-state index is 5.66. The van der Waals surface area contributed by atoms with Gasteiger partial charge in [0.1, 0.15) is 0 Å². The molecule has 0 unspecified atom stereocenters. The molecule has 0 bridgehead atoms. The van der Waals surface area contributed by atoms with Crippen molar-refractivity contribution < 1.29 is 4.42 Å². The van der Waals surface area contributed by atoms with Gasteiger partial charge in [-0.2, -0.15) is 0 Å². The van der Waals surface area contributed by atoms with Gasteiger partial charge in [0.25, 0.3) is 0 Å². The van der Waals surface area contributed by atoms with E-state index in [4.69, 9.17) is 10.2 Å². The van der Waals surface area contributed by atoms with Crippen molar-refractivity contribution in [2.24, 2.45) is 5.73 Å². The lowest BCUT2D eigenvalue weighted by molar-refractivity contribution is 0.235. The molecular formula is C11H22Cl2N4O. The number of nitrogens with zero attached hydrogens (tertiary/aromatic N) is 3. The van der Waals surface area contributed by atoms with Gasteiger partial charge in [0.2, 0.25) is 11.8 Å². The van der Waals surface area contributed by atoms with Crippen LogP contribution in [0.5, 0.6) is 0 Å². The Morgan fingerprint density at radius 1 is 1.28 bits per heavy atom. The molecule has 1 fully saturated rings. The highest BCUT2D eigenvalue weighted by Crippen LogP contribution is 2.26. The number of hydrogen-bond donors (Lipinski definition) is 1. The van der Waals surface area contributed by atoms with Crippen LogP contribution in [0.25, 0.3) is 0 Å². The van der Waals surface area contributed by atoms with E-state index < -0.39 is 0 Å². The van der Waals surface area contributed by atoms with Gasteiger partial charge in [-0.05, 0) is 45.9 Å². The van der Waals surface area contributed by atoms with Gasteiger partial charge < -0.3 is 15.1 Å². The standard InChI is InChI=1S/C11H20N4O.2ClH/c1-15-7-4-9(5-8-15)11-14-13-10(16-11)3-2-6-12;;/h9H,2-8,12H2,1H3;2*1H. The minimum absolute atomic E-state index is 0. The summed E-state index contributed by atoms with van der Waals surface area (Å²) >= 11 is 0. The van der Waals surface area contributed by atoms with Gasteiger partial charge in [-0.15, -0.1) is 35.0 Å². The van der Waals surface area contributed by atoms with Crippen LogP contribution in [-0.2, 0) is 6.42 Å². The van der Waals surface area contributed by atoms with Crippen LogP contribution in [0.1, 0.15) is 37.0 Å². The van der Waals surface area contributed by atoms with Crippen LogP contribution in [0.15, 0.2) is 4.42 Å². The molecule has 5 nitrogen and oxygen atoms in total. The number of likely N-dealkylation sites (tertiary alicyclic amines) is 1. The van der Waals surface area contributed by atoms with E-state index in [0.717, 1.165) is 50.6 Å². The van der Waals surface area contributed by atoms with E-state index >= 15 is 0 Å². The third-order valence-electron chi connectivity index (χ3n) is 3.15. The highest BCUT2D eigenvalue weighted by atomic mass is 35.5. The Kier molecular flexibility index (Phi) is 8.52. The van der Waals surface area contributed by atoms with E-state index in [1.807, 2.05) is 0 Å². The van der Waals surface area contributed by atoms with Crippen LogP contribution in [0, 0.1) is 0 Å². The number of aryl methyl sites for hydroxylation is 1. The summed E-state index contributed by atoms with van der Waals surface area (Å²) in [6.45, 7) is 2.91. The van der Waals surface area contributed by atoms with Gasteiger partial charge in [0.15, 0.2) is 0 Å². The SMILES string of the molecule is CN1CCC(c2nnc(CCCN)o2)CC1.Cl.Cl. The second-order valence-electron chi connectivity index (χ2n) is 4.50. The molecular weight excluding hydrogens is 275 g/mol. The van der Waals surface area contributed by atoms with E-state index in [1.165, 1.54) is 0 Å². The van der Waals surface area contributed by atoms with Crippen molar-refractivity contribution in [1.29, 1.82) is 0 Å². The zero-order valence-electron chi connectivity index (χ0n) is 10.7. The Morgan fingerprint density at radius 2 is 1.94 bits per heavy atom. The number of piperidine rings is 1. The topological polar surface area (TPSA) is 68.2 Å². The van der Waals surface area contributed by atoms with E-state index in [9.17, 15) is 0 Å². The Morgan fingerprint density at radius 3 is 2.56 bits per heavy atom. The van der Waals surface area contributed by atoms with Crippen LogP contribution in [0.2, 0.25) is 0 Å². The first-order valence-corrected chi connectivity index (χ1v) is 6.00. The quantitative estimate of drug-likeness (QED) is 0.914. The fraction of sp³-hybridized carbons (Fsp3) is 0.818. The molecule has 2 N–H and O–H groups in total. The van der Waals surface area contributed by atoms with E-state index in [-0.39, 0.29) is 24.8 Å². The average Bonchev–Trinajstić information content (AvgIpc) is 2.76. The molecule has 1 aliphatic rings. The Hall–Kier alpha value is -0.360. The van der Waals surface area contributed by atoms with Crippen LogP contribution in [0.3, 0.4) is 0 Å². The van der Waals surface area contributed by atoms with E-state index in [1.54, 1.807) is 0 Å². The summed E-state index contributed by atoms with van der Waals surface area (Å²) in [6.07, 6.45) is 3.95. The molecule has 1 aromatic rings. The molecule has 2 rings (SSSR count). The van der Waals surface area contributed by atoms with Crippen molar-refractivity contribution in [1.82, 2.24) is 15.1 Å². The van der Waals surface area contributed by atoms with Crippen molar-refractivity contribution >= 4 is 24.8 Å². The first-order valence-electron chi connectivity index (χ1n) is 6.00. The molecule has 7 heteroatoms. The largest absolute Gasteiger partial charge is 0.425 e. The lowest BCUT2D eigenvalue weighted by atomic mass is 9.97. The summed E-state index contributed by atoms with van der Waals surface area (Å²) in [7, 11) is 2.15. The first kappa shape index (κ1) is 17.6. The van der Waals surface area contributed by atoms with E-state index in [2.05, 4.69) is 22.1 Å². The number of rotatable bonds is 4. The van der Waals surface area contributed by atoms with Crippen LogP contribution in [-0.4, -0.2) is 41.8 Å². The summed E-state index contributed by atoms with van der Waals surface area (Å²) in [6, 6.07) is 0.